The fourth-order valence-electron chi connectivity index (χ4n) is 3.48. The van der Waals surface area contributed by atoms with Gasteiger partial charge in [0.2, 0.25) is 0 Å². The summed E-state index contributed by atoms with van der Waals surface area (Å²) < 4.78 is 0. The van der Waals surface area contributed by atoms with Gasteiger partial charge >= 0.3 is 0 Å². The Morgan fingerprint density at radius 1 is 1.33 bits per heavy atom. The predicted molar refractivity (Wildman–Crippen MR) is 93.3 cm³/mol. The molecule has 0 spiro atoms. The van der Waals surface area contributed by atoms with Crippen LogP contribution in [0.2, 0.25) is 5.02 Å². The summed E-state index contributed by atoms with van der Waals surface area (Å²) in [5.41, 5.74) is 8.64. The third-order valence-electron chi connectivity index (χ3n) is 4.47. The lowest BCUT2D eigenvalue weighted by atomic mass is 9.96. The van der Waals surface area contributed by atoms with E-state index in [0.717, 1.165) is 30.5 Å². The van der Waals surface area contributed by atoms with Crippen molar-refractivity contribution in [2.75, 3.05) is 18.0 Å². The Morgan fingerprint density at radius 2 is 2.14 bits per heavy atom. The lowest BCUT2D eigenvalue weighted by Gasteiger charge is -2.26. The molecular formula is C18H29ClN2. The van der Waals surface area contributed by atoms with Gasteiger partial charge in [-0.2, -0.15) is 0 Å². The first-order chi connectivity index (χ1) is 10.1. The number of benzene rings is 1. The summed E-state index contributed by atoms with van der Waals surface area (Å²) in [6.07, 6.45) is 7.56. The molecule has 1 aromatic carbocycles. The van der Waals surface area contributed by atoms with Crippen LogP contribution in [0, 0.1) is 5.92 Å². The van der Waals surface area contributed by atoms with Crippen LogP contribution in [0.4, 0.5) is 5.69 Å². The van der Waals surface area contributed by atoms with Crippen LogP contribution < -0.4 is 10.6 Å². The van der Waals surface area contributed by atoms with Crippen molar-refractivity contribution in [1.29, 1.82) is 0 Å². The molecule has 1 aliphatic rings. The Labute approximate surface area is 134 Å². The molecule has 0 aliphatic carbocycles. The summed E-state index contributed by atoms with van der Waals surface area (Å²) in [7, 11) is 0. The van der Waals surface area contributed by atoms with Gasteiger partial charge in [-0.05, 0) is 62.3 Å². The molecule has 2 nitrogen and oxygen atoms in total. The molecule has 0 radical (unpaired) electrons. The molecule has 1 heterocycles. The van der Waals surface area contributed by atoms with E-state index in [4.69, 9.17) is 17.3 Å². The highest BCUT2D eigenvalue weighted by Crippen LogP contribution is 2.30. The van der Waals surface area contributed by atoms with Crippen LogP contribution in [0.5, 0.6) is 0 Å². The molecule has 1 aliphatic heterocycles. The molecule has 0 saturated carbocycles. The minimum atomic E-state index is 0.169. The monoisotopic (exact) mass is 308 g/mol. The molecule has 3 heteroatoms. The number of hydrogen-bond acceptors (Lipinski definition) is 2. The number of nitrogens with two attached hydrogens (primary N) is 1. The first-order valence-corrected chi connectivity index (χ1v) is 8.77. The van der Waals surface area contributed by atoms with Crippen molar-refractivity contribution in [3.05, 3.63) is 28.8 Å². The van der Waals surface area contributed by atoms with Gasteiger partial charge in [-0.25, -0.2) is 0 Å². The Bertz CT molecular complexity index is 445. The summed E-state index contributed by atoms with van der Waals surface area (Å²) in [5.74, 6) is 0.907. The Balaban J connectivity index is 2.13. The average molecular weight is 309 g/mol. The topological polar surface area (TPSA) is 29.3 Å². The van der Waals surface area contributed by atoms with E-state index in [2.05, 4.69) is 30.9 Å². The van der Waals surface area contributed by atoms with Crippen molar-refractivity contribution in [1.82, 2.24) is 0 Å². The molecule has 1 aromatic rings. The molecular weight excluding hydrogens is 280 g/mol. The highest BCUT2D eigenvalue weighted by molar-refractivity contribution is 6.30. The number of hydrogen-bond donors (Lipinski definition) is 1. The SMILES string of the molecule is CCCC1CCCN(c2ccc(Cl)cc2CC(C)N)CC1. The number of halogens is 1. The molecule has 118 valence electrons. The maximum Gasteiger partial charge on any atom is 0.0410 e. The van der Waals surface area contributed by atoms with Crippen molar-refractivity contribution < 1.29 is 0 Å². The normalized spacial score (nSPS) is 21.1. The summed E-state index contributed by atoms with van der Waals surface area (Å²) in [4.78, 5) is 2.55. The van der Waals surface area contributed by atoms with Crippen LogP contribution in [-0.2, 0) is 6.42 Å². The molecule has 2 unspecified atom stereocenters. The maximum atomic E-state index is 6.18. The van der Waals surface area contributed by atoms with E-state index in [1.54, 1.807) is 0 Å². The summed E-state index contributed by atoms with van der Waals surface area (Å²) in [5, 5.41) is 0.813. The molecule has 0 amide bonds. The van der Waals surface area contributed by atoms with Crippen molar-refractivity contribution in [3.63, 3.8) is 0 Å². The highest BCUT2D eigenvalue weighted by atomic mass is 35.5. The second-order valence-electron chi connectivity index (χ2n) is 6.53. The van der Waals surface area contributed by atoms with Crippen LogP contribution in [-0.4, -0.2) is 19.1 Å². The zero-order chi connectivity index (χ0) is 15.2. The van der Waals surface area contributed by atoms with Crippen molar-refractivity contribution in [2.45, 2.75) is 58.4 Å². The third kappa shape index (κ3) is 4.89. The fourth-order valence-corrected chi connectivity index (χ4v) is 3.67. The van der Waals surface area contributed by atoms with E-state index in [-0.39, 0.29) is 6.04 Å². The minimum Gasteiger partial charge on any atom is -0.371 e. The number of rotatable bonds is 5. The third-order valence-corrected chi connectivity index (χ3v) is 4.70. The fraction of sp³-hybridized carbons (Fsp3) is 0.667. The zero-order valence-corrected chi connectivity index (χ0v) is 14.2. The highest BCUT2D eigenvalue weighted by Gasteiger charge is 2.19. The Kier molecular flexibility index (Phi) is 6.38. The quantitative estimate of drug-likeness (QED) is 0.859. The predicted octanol–water partition coefficient (Wildman–Crippen LogP) is 4.64. The lowest BCUT2D eigenvalue weighted by Crippen LogP contribution is -2.27. The zero-order valence-electron chi connectivity index (χ0n) is 13.4. The molecule has 1 fully saturated rings. The number of anilines is 1. The van der Waals surface area contributed by atoms with Crippen molar-refractivity contribution in [2.24, 2.45) is 11.7 Å². The Hall–Kier alpha value is -0.730. The molecule has 21 heavy (non-hydrogen) atoms. The first kappa shape index (κ1) is 16.6. The summed E-state index contributed by atoms with van der Waals surface area (Å²) >= 11 is 6.18. The molecule has 1 saturated heterocycles. The summed E-state index contributed by atoms with van der Waals surface area (Å²) in [6.45, 7) is 6.68. The Morgan fingerprint density at radius 3 is 2.86 bits per heavy atom. The minimum absolute atomic E-state index is 0.169. The van der Waals surface area contributed by atoms with Crippen LogP contribution in [0.25, 0.3) is 0 Å². The standard InChI is InChI=1S/C18H29ClN2/c1-3-5-15-6-4-10-21(11-9-15)18-8-7-17(19)13-16(18)12-14(2)20/h7-8,13-15H,3-6,9-12,20H2,1-2H3. The van der Waals surface area contributed by atoms with E-state index >= 15 is 0 Å². The van der Waals surface area contributed by atoms with Crippen molar-refractivity contribution in [3.8, 4) is 0 Å². The molecule has 2 rings (SSSR count). The maximum absolute atomic E-state index is 6.18. The average Bonchev–Trinajstić information content (AvgIpc) is 2.64. The number of nitrogens with zero attached hydrogens (tertiary/aromatic N) is 1. The van der Waals surface area contributed by atoms with E-state index in [0.29, 0.717) is 0 Å². The van der Waals surface area contributed by atoms with Crippen LogP contribution in [0.1, 0.15) is 51.5 Å². The second-order valence-corrected chi connectivity index (χ2v) is 6.96. The van der Waals surface area contributed by atoms with Gasteiger partial charge in [-0.3, -0.25) is 0 Å². The van der Waals surface area contributed by atoms with Crippen LogP contribution in [0.3, 0.4) is 0 Å². The van der Waals surface area contributed by atoms with Gasteiger partial charge < -0.3 is 10.6 Å². The van der Waals surface area contributed by atoms with E-state index in [1.165, 1.54) is 43.4 Å². The molecule has 2 atom stereocenters. The van der Waals surface area contributed by atoms with E-state index in [9.17, 15) is 0 Å². The second kappa shape index (κ2) is 8.05. The van der Waals surface area contributed by atoms with Crippen LogP contribution >= 0.6 is 11.6 Å². The largest absolute Gasteiger partial charge is 0.371 e. The van der Waals surface area contributed by atoms with E-state index in [1.807, 2.05) is 6.07 Å². The summed E-state index contributed by atoms with van der Waals surface area (Å²) in [6, 6.07) is 6.45. The first-order valence-electron chi connectivity index (χ1n) is 8.39. The van der Waals surface area contributed by atoms with Crippen molar-refractivity contribution >= 4 is 17.3 Å². The van der Waals surface area contributed by atoms with Gasteiger partial charge in [-0.1, -0.05) is 31.4 Å². The van der Waals surface area contributed by atoms with Gasteiger partial charge in [0.15, 0.2) is 0 Å². The molecule has 2 N–H and O–H groups in total. The van der Waals surface area contributed by atoms with Crippen LogP contribution in [0.15, 0.2) is 18.2 Å². The van der Waals surface area contributed by atoms with Gasteiger partial charge in [0.1, 0.15) is 0 Å². The molecule has 0 bridgehead atoms. The molecule has 0 aromatic heterocycles. The van der Waals surface area contributed by atoms with Gasteiger partial charge in [0.25, 0.3) is 0 Å². The smallest absolute Gasteiger partial charge is 0.0410 e. The van der Waals surface area contributed by atoms with Gasteiger partial charge in [0, 0.05) is 29.8 Å². The lowest BCUT2D eigenvalue weighted by molar-refractivity contribution is 0.435. The van der Waals surface area contributed by atoms with Gasteiger partial charge in [0.05, 0.1) is 0 Å². The van der Waals surface area contributed by atoms with E-state index < -0.39 is 0 Å². The van der Waals surface area contributed by atoms with Gasteiger partial charge in [-0.15, -0.1) is 0 Å².